The van der Waals surface area contributed by atoms with Gasteiger partial charge in [-0.1, -0.05) is 17.7 Å². The maximum absolute atomic E-state index is 13.1. The maximum Gasteiger partial charge on any atom is 0.310 e. The Hall–Kier alpha value is -1.46. The van der Waals surface area contributed by atoms with Crippen molar-refractivity contribution in [2.24, 2.45) is 0 Å². The van der Waals surface area contributed by atoms with Crippen LogP contribution >= 0.6 is 22.9 Å². The molecule has 0 aliphatic heterocycles. The minimum absolute atomic E-state index is 0.0737. The molecule has 0 atom stereocenters. The minimum atomic E-state index is -0.898. The number of carboxylic acid groups (broad SMARTS) is 1. The van der Waals surface area contributed by atoms with Crippen LogP contribution in [0.4, 0.5) is 4.39 Å². The van der Waals surface area contributed by atoms with Crippen LogP contribution in [0.3, 0.4) is 0 Å². The second-order valence-corrected chi connectivity index (χ2v) is 5.69. The third-order valence-corrected chi connectivity index (χ3v) is 4.04. The van der Waals surface area contributed by atoms with E-state index in [9.17, 15) is 9.18 Å². The van der Waals surface area contributed by atoms with Crippen molar-refractivity contribution in [2.45, 2.75) is 19.8 Å². The van der Waals surface area contributed by atoms with Gasteiger partial charge in [-0.05, 0) is 24.6 Å². The third-order valence-electron chi connectivity index (χ3n) is 2.59. The monoisotopic (exact) mass is 299 g/mol. The van der Waals surface area contributed by atoms with Gasteiger partial charge >= 0.3 is 5.97 Å². The molecule has 6 heteroatoms. The Balaban J connectivity index is 2.20. The number of hydrogen-bond donors (Lipinski definition) is 1. The molecule has 1 heterocycles. The number of aromatic nitrogens is 1. The van der Waals surface area contributed by atoms with Crippen molar-refractivity contribution < 1.29 is 14.3 Å². The predicted octanol–water partition coefficient (Wildman–Crippen LogP) is 3.46. The number of nitrogens with zero attached hydrogens (tertiary/aromatic N) is 1. The Bertz CT molecular complexity index is 627. The molecule has 0 unspecified atom stereocenters. The Morgan fingerprint density at radius 3 is 2.89 bits per heavy atom. The number of carboxylic acids is 1. The van der Waals surface area contributed by atoms with E-state index in [1.165, 1.54) is 17.4 Å². The SMILES string of the molecule is Cc1nc(CC(=O)O)sc1Cc1ccc(F)c(Cl)c1. The van der Waals surface area contributed by atoms with Gasteiger partial charge in [-0.25, -0.2) is 9.37 Å². The first-order valence-electron chi connectivity index (χ1n) is 5.56. The first kappa shape index (κ1) is 14.0. The molecule has 1 aromatic carbocycles. The predicted molar refractivity (Wildman–Crippen MR) is 72.4 cm³/mol. The zero-order chi connectivity index (χ0) is 14.0. The number of halogens is 2. The van der Waals surface area contributed by atoms with Gasteiger partial charge in [-0.3, -0.25) is 4.79 Å². The smallest absolute Gasteiger partial charge is 0.310 e. The Kier molecular flexibility index (Phi) is 4.17. The van der Waals surface area contributed by atoms with Gasteiger partial charge in [0.05, 0.1) is 17.1 Å². The van der Waals surface area contributed by atoms with E-state index >= 15 is 0 Å². The van der Waals surface area contributed by atoms with Crippen molar-refractivity contribution in [3.63, 3.8) is 0 Å². The van der Waals surface area contributed by atoms with Crippen molar-refractivity contribution in [1.29, 1.82) is 0 Å². The zero-order valence-electron chi connectivity index (χ0n) is 10.1. The van der Waals surface area contributed by atoms with Gasteiger partial charge in [-0.2, -0.15) is 0 Å². The molecule has 2 aromatic rings. The molecule has 2 rings (SSSR count). The molecule has 0 fully saturated rings. The van der Waals surface area contributed by atoms with E-state index in [1.807, 2.05) is 6.92 Å². The molecule has 3 nitrogen and oxygen atoms in total. The summed E-state index contributed by atoms with van der Waals surface area (Å²) in [6.07, 6.45) is 0.499. The lowest BCUT2D eigenvalue weighted by atomic mass is 10.1. The summed E-state index contributed by atoms with van der Waals surface area (Å²) < 4.78 is 13.1. The molecule has 0 aliphatic carbocycles. The first-order valence-corrected chi connectivity index (χ1v) is 6.76. The van der Waals surface area contributed by atoms with Gasteiger partial charge in [0.2, 0.25) is 0 Å². The topological polar surface area (TPSA) is 50.2 Å². The van der Waals surface area contributed by atoms with Crippen LogP contribution in [0.15, 0.2) is 18.2 Å². The van der Waals surface area contributed by atoms with Crippen LogP contribution in [0.25, 0.3) is 0 Å². The van der Waals surface area contributed by atoms with Gasteiger partial charge in [0.25, 0.3) is 0 Å². The number of aryl methyl sites for hydroxylation is 1. The summed E-state index contributed by atoms with van der Waals surface area (Å²) in [5, 5.41) is 9.40. The van der Waals surface area contributed by atoms with Crippen molar-refractivity contribution in [2.75, 3.05) is 0 Å². The highest BCUT2D eigenvalue weighted by Gasteiger charge is 2.11. The fourth-order valence-corrected chi connectivity index (χ4v) is 2.99. The highest BCUT2D eigenvalue weighted by atomic mass is 35.5. The van der Waals surface area contributed by atoms with Crippen molar-refractivity contribution in [3.8, 4) is 0 Å². The molecule has 1 aromatic heterocycles. The zero-order valence-corrected chi connectivity index (χ0v) is 11.7. The summed E-state index contributed by atoms with van der Waals surface area (Å²) in [5.41, 5.74) is 1.68. The van der Waals surface area contributed by atoms with Crippen LogP contribution < -0.4 is 0 Å². The first-order chi connectivity index (χ1) is 8.95. The maximum atomic E-state index is 13.1. The number of rotatable bonds is 4. The quantitative estimate of drug-likeness (QED) is 0.940. The fourth-order valence-electron chi connectivity index (χ4n) is 1.69. The number of hydrogen-bond acceptors (Lipinski definition) is 3. The lowest BCUT2D eigenvalue weighted by Gasteiger charge is -2.01. The van der Waals surface area contributed by atoms with Crippen LogP contribution in [-0.2, 0) is 17.6 Å². The van der Waals surface area contributed by atoms with Gasteiger partial charge in [-0.15, -0.1) is 11.3 Å². The average molecular weight is 300 g/mol. The molecule has 19 heavy (non-hydrogen) atoms. The Morgan fingerprint density at radius 2 is 2.26 bits per heavy atom. The van der Waals surface area contributed by atoms with Gasteiger partial charge in [0, 0.05) is 11.3 Å². The normalized spacial score (nSPS) is 10.7. The van der Waals surface area contributed by atoms with Crippen molar-refractivity contribution in [1.82, 2.24) is 4.98 Å². The van der Waals surface area contributed by atoms with E-state index in [0.717, 1.165) is 16.1 Å². The number of aliphatic carboxylic acids is 1. The number of carbonyl (C=O) groups is 1. The molecule has 0 aliphatic rings. The molecule has 0 spiro atoms. The Morgan fingerprint density at radius 1 is 1.53 bits per heavy atom. The summed E-state index contributed by atoms with van der Waals surface area (Å²) in [4.78, 5) is 15.8. The largest absolute Gasteiger partial charge is 0.481 e. The van der Waals surface area contributed by atoms with Crippen LogP contribution in [0.1, 0.15) is 21.1 Å². The van der Waals surface area contributed by atoms with Crippen LogP contribution in [0.2, 0.25) is 5.02 Å². The van der Waals surface area contributed by atoms with Gasteiger partial charge in [0.15, 0.2) is 0 Å². The molecule has 0 saturated heterocycles. The summed E-state index contributed by atoms with van der Waals surface area (Å²) in [6, 6.07) is 4.57. The van der Waals surface area contributed by atoms with E-state index in [0.29, 0.717) is 11.4 Å². The lowest BCUT2D eigenvalue weighted by molar-refractivity contribution is -0.136. The molecule has 0 saturated carbocycles. The fraction of sp³-hybridized carbons (Fsp3) is 0.231. The molecular weight excluding hydrogens is 289 g/mol. The molecule has 0 radical (unpaired) electrons. The Labute approximate surface area is 118 Å². The van der Waals surface area contributed by atoms with E-state index in [4.69, 9.17) is 16.7 Å². The van der Waals surface area contributed by atoms with E-state index < -0.39 is 11.8 Å². The molecule has 0 bridgehead atoms. The van der Waals surface area contributed by atoms with E-state index in [1.54, 1.807) is 12.1 Å². The number of benzene rings is 1. The van der Waals surface area contributed by atoms with Crippen molar-refractivity contribution in [3.05, 3.63) is 50.2 Å². The standard InChI is InChI=1S/C13H11ClFNO2S/c1-7-11(19-12(16-7)6-13(17)18)5-8-2-3-10(15)9(14)4-8/h2-4H,5-6H2,1H3,(H,17,18). The van der Waals surface area contributed by atoms with Gasteiger partial charge < -0.3 is 5.11 Å². The molecular formula is C13H11ClFNO2S. The summed E-state index contributed by atoms with van der Waals surface area (Å²) in [5.74, 6) is -1.34. The summed E-state index contributed by atoms with van der Waals surface area (Å²) in [6.45, 7) is 1.84. The van der Waals surface area contributed by atoms with E-state index in [-0.39, 0.29) is 11.4 Å². The van der Waals surface area contributed by atoms with Crippen LogP contribution in [-0.4, -0.2) is 16.1 Å². The molecule has 1 N–H and O–H groups in total. The molecule has 0 amide bonds. The van der Waals surface area contributed by atoms with Crippen LogP contribution in [0.5, 0.6) is 0 Å². The van der Waals surface area contributed by atoms with Gasteiger partial charge in [0.1, 0.15) is 10.8 Å². The average Bonchev–Trinajstić information content (AvgIpc) is 2.63. The molecule has 100 valence electrons. The number of thiazole rings is 1. The van der Waals surface area contributed by atoms with Crippen molar-refractivity contribution >= 4 is 28.9 Å². The highest BCUT2D eigenvalue weighted by Crippen LogP contribution is 2.24. The second-order valence-electron chi connectivity index (χ2n) is 4.11. The lowest BCUT2D eigenvalue weighted by Crippen LogP contribution is -1.98. The second kappa shape index (κ2) is 5.67. The van der Waals surface area contributed by atoms with Crippen LogP contribution in [0, 0.1) is 12.7 Å². The van der Waals surface area contributed by atoms with E-state index in [2.05, 4.69) is 4.98 Å². The minimum Gasteiger partial charge on any atom is -0.481 e. The summed E-state index contributed by atoms with van der Waals surface area (Å²) in [7, 11) is 0. The highest BCUT2D eigenvalue weighted by molar-refractivity contribution is 7.11. The third kappa shape index (κ3) is 3.52. The summed E-state index contributed by atoms with van der Waals surface area (Å²) >= 11 is 7.09.